The molecule has 0 heterocycles. The Morgan fingerprint density at radius 2 is 1.78 bits per heavy atom. The number of phenolic OH excluding ortho intramolecular Hbond substituents is 2. The Labute approximate surface area is 102 Å². The van der Waals surface area contributed by atoms with Gasteiger partial charge >= 0.3 is 6.18 Å². The Bertz CT molecular complexity index is 467. The molecule has 0 aliphatic heterocycles. The Hall–Kier alpha value is -1.43. The number of benzene rings is 1. The molecule has 6 heteroatoms. The number of nitrogens with two attached hydrogens (primary N) is 1. The zero-order valence-corrected chi connectivity index (χ0v) is 9.59. The van der Waals surface area contributed by atoms with Crippen LogP contribution in [0.5, 0.6) is 11.5 Å². The van der Waals surface area contributed by atoms with Crippen LogP contribution in [0.4, 0.5) is 13.2 Å². The summed E-state index contributed by atoms with van der Waals surface area (Å²) >= 11 is 0. The van der Waals surface area contributed by atoms with Crippen molar-refractivity contribution in [1.29, 1.82) is 0 Å². The summed E-state index contributed by atoms with van der Waals surface area (Å²) in [6.07, 6.45) is -1.95. The number of phenols is 2. The molecule has 0 amide bonds. The molecule has 0 aromatic heterocycles. The Kier molecular flexibility index (Phi) is 2.93. The third-order valence-corrected chi connectivity index (χ3v) is 3.32. The fraction of sp³-hybridized carbons (Fsp3) is 0.500. The maximum Gasteiger partial charge on any atom is 0.420 e. The lowest BCUT2D eigenvalue weighted by Gasteiger charge is -2.14. The zero-order valence-electron chi connectivity index (χ0n) is 9.59. The molecule has 1 aliphatic rings. The van der Waals surface area contributed by atoms with Crippen LogP contribution in [0.15, 0.2) is 12.1 Å². The van der Waals surface area contributed by atoms with Crippen LogP contribution in [-0.2, 0) is 12.6 Å². The highest BCUT2D eigenvalue weighted by molar-refractivity contribution is 5.51. The van der Waals surface area contributed by atoms with Crippen molar-refractivity contribution in [3.8, 4) is 11.5 Å². The second-order valence-corrected chi connectivity index (χ2v) is 4.83. The normalized spacial score (nSPS) is 17.8. The molecular weight excluding hydrogens is 247 g/mol. The molecule has 0 unspecified atom stereocenters. The minimum Gasteiger partial charge on any atom is -0.504 e. The molecule has 3 nitrogen and oxygen atoms in total. The van der Waals surface area contributed by atoms with Crippen molar-refractivity contribution in [2.75, 3.05) is 0 Å². The molecular formula is C12H14F3NO2. The van der Waals surface area contributed by atoms with E-state index in [0.29, 0.717) is 12.8 Å². The molecule has 1 aliphatic carbocycles. The quantitative estimate of drug-likeness (QED) is 0.732. The number of hydrogen-bond donors (Lipinski definition) is 3. The summed E-state index contributed by atoms with van der Waals surface area (Å²) < 4.78 is 37.4. The van der Waals surface area contributed by atoms with E-state index in [1.165, 1.54) is 6.07 Å². The summed E-state index contributed by atoms with van der Waals surface area (Å²) in [5.41, 5.74) is 4.68. The van der Waals surface area contributed by atoms with E-state index in [4.69, 9.17) is 5.73 Å². The smallest absolute Gasteiger partial charge is 0.420 e. The minimum atomic E-state index is -4.67. The predicted octanol–water partition coefficient (Wildman–Crippen LogP) is 2.54. The number of alkyl halides is 3. The zero-order chi connectivity index (χ0) is 13.6. The number of aromatic hydroxyl groups is 2. The Balaban J connectivity index is 2.20. The summed E-state index contributed by atoms with van der Waals surface area (Å²) in [7, 11) is 0. The lowest BCUT2D eigenvalue weighted by molar-refractivity contribution is -0.138. The van der Waals surface area contributed by atoms with Gasteiger partial charge in [0.05, 0.1) is 0 Å². The van der Waals surface area contributed by atoms with Crippen molar-refractivity contribution in [2.45, 2.75) is 37.4 Å². The molecule has 1 fully saturated rings. The van der Waals surface area contributed by atoms with E-state index in [0.717, 1.165) is 18.9 Å². The largest absolute Gasteiger partial charge is 0.504 e. The SMILES string of the molecule is NC1(CCc2ccc(C(F)(F)F)c(O)c2O)CC1. The third kappa shape index (κ3) is 2.53. The first-order valence-corrected chi connectivity index (χ1v) is 5.63. The van der Waals surface area contributed by atoms with Gasteiger partial charge in [-0.05, 0) is 37.3 Å². The first-order chi connectivity index (χ1) is 8.23. The third-order valence-electron chi connectivity index (χ3n) is 3.32. The number of rotatable bonds is 3. The summed E-state index contributed by atoms with van der Waals surface area (Å²) in [6.45, 7) is 0. The molecule has 0 atom stereocenters. The lowest BCUT2D eigenvalue weighted by atomic mass is 10.0. The van der Waals surface area contributed by atoms with E-state index < -0.39 is 23.2 Å². The molecule has 1 saturated carbocycles. The maximum absolute atomic E-state index is 12.5. The first kappa shape index (κ1) is 13.0. The highest BCUT2D eigenvalue weighted by Crippen LogP contribution is 2.43. The van der Waals surface area contributed by atoms with Crippen LogP contribution in [0.3, 0.4) is 0 Å². The monoisotopic (exact) mass is 261 g/mol. The van der Waals surface area contributed by atoms with Gasteiger partial charge in [-0.25, -0.2) is 0 Å². The molecule has 18 heavy (non-hydrogen) atoms. The lowest BCUT2D eigenvalue weighted by Crippen LogP contribution is -2.22. The number of aryl methyl sites for hydroxylation is 1. The van der Waals surface area contributed by atoms with E-state index in [9.17, 15) is 23.4 Å². The standard InChI is InChI=1S/C12H14F3NO2/c13-12(14,15)8-2-1-7(9(17)10(8)18)3-4-11(16)5-6-11/h1-2,17-18H,3-6,16H2. The van der Waals surface area contributed by atoms with Crippen molar-refractivity contribution in [3.63, 3.8) is 0 Å². The first-order valence-electron chi connectivity index (χ1n) is 5.63. The van der Waals surface area contributed by atoms with E-state index >= 15 is 0 Å². The van der Waals surface area contributed by atoms with Gasteiger partial charge in [-0.15, -0.1) is 0 Å². The molecule has 0 bridgehead atoms. The van der Waals surface area contributed by atoms with Gasteiger partial charge in [-0.2, -0.15) is 13.2 Å². The fourth-order valence-electron chi connectivity index (χ4n) is 1.85. The van der Waals surface area contributed by atoms with Gasteiger partial charge in [0.15, 0.2) is 11.5 Å². The van der Waals surface area contributed by atoms with Crippen LogP contribution in [-0.4, -0.2) is 15.8 Å². The average molecular weight is 261 g/mol. The minimum absolute atomic E-state index is 0.245. The van der Waals surface area contributed by atoms with Gasteiger partial charge in [-0.1, -0.05) is 6.07 Å². The van der Waals surface area contributed by atoms with E-state index in [2.05, 4.69) is 0 Å². The highest BCUT2D eigenvalue weighted by atomic mass is 19.4. The highest BCUT2D eigenvalue weighted by Gasteiger charge is 2.38. The second kappa shape index (κ2) is 4.05. The summed E-state index contributed by atoms with van der Waals surface area (Å²) in [4.78, 5) is 0. The summed E-state index contributed by atoms with van der Waals surface area (Å²) in [5.74, 6) is -1.81. The van der Waals surface area contributed by atoms with Gasteiger partial charge in [0.1, 0.15) is 5.56 Å². The van der Waals surface area contributed by atoms with Gasteiger partial charge in [0, 0.05) is 5.54 Å². The number of halogens is 3. The average Bonchev–Trinajstić information content (AvgIpc) is 2.97. The molecule has 1 aromatic rings. The van der Waals surface area contributed by atoms with Gasteiger partial charge in [0.2, 0.25) is 0 Å². The molecule has 0 radical (unpaired) electrons. The Morgan fingerprint density at radius 1 is 1.17 bits per heavy atom. The molecule has 1 aromatic carbocycles. The molecule has 0 saturated heterocycles. The van der Waals surface area contributed by atoms with Gasteiger partial charge in [-0.3, -0.25) is 0 Å². The van der Waals surface area contributed by atoms with E-state index in [1.807, 2.05) is 0 Å². The van der Waals surface area contributed by atoms with Crippen LogP contribution < -0.4 is 5.73 Å². The van der Waals surface area contributed by atoms with E-state index in [1.54, 1.807) is 0 Å². The molecule has 4 N–H and O–H groups in total. The van der Waals surface area contributed by atoms with Gasteiger partial charge in [0.25, 0.3) is 0 Å². The summed E-state index contributed by atoms with van der Waals surface area (Å²) in [5, 5.41) is 18.9. The van der Waals surface area contributed by atoms with E-state index in [-0.39, 0.29) is 11.1 Å². The van der Waals surface area contributed by atoms with Gasteiger partial charge < -0.3 is 15.9 Å². The van der Waals surface area contributed by atoms with Crippen molar-refractivity contribution in [3.05, 3.63) is 23.3 Å². The maximum atomic E-state index is 12.5. The van der Waals surface area contributed by atoms with Crippen LogP contribution in [0, 0.1) is 0 Å². The van der Waals surface area contributed by atoms with Crippen LogP contribution in [0.1, 0.15) is 30.4 Å². The van der Waals surface area contributed by atoms with Crippen molar-refractivity contribution in [1.82, 2.24) is 0 Å². The van der Waals surface area contributed by atoms with Crippen LogP contribution >= 0.6 is 0 Å². The topological polar surface area (TPSA) is 66.5 Å². The van der Waals surface area contributed by atoms with Crippen LogP contribution in [0.25, 0.3) is 0 Å². The fourth-order valence-corrected chi connectivity index (χ4v) is 1.85. The molecule has 0 spiro atoms. The predicted molar refractivity (Wildman–Crippen MR) is 59.2 cm³/mol. The van der Waals surface area contributed by atoms with Crippen molar-refractivity contribution >= 4 is 0 Å². The molecule has 100 valence electrons. The summed E-state index contributed by atoms with van der Waals surface area (Å²) in [6, 6.07) is 1.96. The van der Waals surface area contributed by atoms with Crippen LogP contribution in [0.2, 0.25) is 0 Å². The van der Waals surface area contributed by atoms with Crippen molar-refractivity contribution in [2.24, 2.45) is 5.73 Å². The number of hydrogen-bond acceptors (Lipinski definition) is 3. The Morgan fingerprint density at radius 3 is 2.28 bits per heavy atom. The second-order valence-electron chi connectivity index (χ2n) is 4.83. The molecule has 2 rings (SSSR count). The van der Waals surface area contributed by atoms with Crippen molar-refractivity contribution < 1.29 is 23.4 Å².